The van der Waals surface area contributed by atoms with Crippen LogP contribution in [0.4, 0.5) is 26.3 Å². The van der Waals surface area contributed by atoms with Gasteiger partial charge in [0.15, 0.2) is 0 Å². The fraction of sp³-hybridized carbons (Fsp3) is 0.500. The Balaban J connectivity index is 3.73. The van der Waals surface area contributed by atoms with Crippen LogP contribution in [0.3, 0.4) is 0 Å². The molecular weight excluding hydrogens is 353 g/mol. The van der Waals surface area contributed by atoms with Crippen molar-refractivity contribution in [3.63, 3.8) is 0 Å². The summed E-state index contributed by atoms with van der Waals surface area (Å²) in [6, 6.07) is -0.127. The minimum Gasteiger partial charge on any atom is -0.506 e. The third-order valence-corrected chi connectivity index (χ3v) is 4.74. The highest BCUT2D eigenvalue weighted by molar-refractivity contribution is 7.62. The van der Waals surface area contributed by atoms with E-state index in [0.29, 0.717) is 0 Å². The van der Waals surface area contributed by atoms with Crippen LogP contribution in [-0.4, -0.2) is 18.3 Å². The lowest BCUT2D eigenvalue weighted by Crippen LogP contribution is -2.20. The number of aromatic hydroxyl groups is 1. The third kappa shape index (κ3) is 4.39. The first-order chi connectivity index (χ1) is 10.4. The number of rotatable bonds is 5. The maximum Gasteiger partial charge on any atom is 0.419 e. The van der Waals surface area contributed by atoms with Crippen LogP contribution < -0.4 is 5.30 Å². The highest BCUT2D eigenvalue weighted by atomic mass is 31.2. The number of hydrogen-bond donors (Lipinski definition) is 1. The summed E-state index contributed by atoms with van der Waals surface area (Å²) in [4.78, 5) is 0. The largest absolute Gasteiger partial charge is 0.506 e. The zero-order valence-corrected chi connectivity index (χ0v) is 12.9. The second-order valence-electron chi connectivity index (χ2n) is 4.22. The first-order valence-corrected chi connectivity index (χ1v) is 7.82. The van der Waals surface area contributed by atoms with Gasteiger partial charge in [-0.15, -0.1) is 0 Å². The number of halogens is 6. The fourth-order valence-corrected chi connectivity index (χ4v) is 3.43. The maximum absolute atomic E-state index is 12.9. The van der Waals surface area contributed by atoms with Gasteiger partial charge in [-0.3, -0.25) is 4.57 Å². The van der Waals surface area contributed by atoms with E-state index >= 15 is 0 Å². The Labute approximate surface area is 127 Å². The van der Waals surface area contributed by atoms with Crippen LogP contribution in [0, 0.1) is 0 Å². The summed E-state index contributed by atoms with van der Waals surface area (Å²) in [6.07, 6.45) is -10.4. The number of benzene rings is 1. The summed E-state index contributed by atoms with van der Waals surface area (Å²) >= 11 is 0. The molecular formula is C12H13F6O4P. The molecule has 1 aromatic carbocycles. The Morgan fingerprint density at radius 2 is 1.48 bits per heavy atom. The van der Waals surface area contributed by atoms with Crippen molar-refractivity contribution in [2.45, 2.75) is 26.2 Å². The molecule has 0 saturated carbocycles. The van der Waals surface area contributed by atoms with Gasteiger partial charge in [0.1, 0.15) is 11.1 Å². The van der Waals surface area contributed by atoms with Gasteiger partial charge in [0.05, 0.1) is 24.3 Å². The third-order valence-electron chi connectivity index (χ3n) is 2.62. The van der Waals surface area contributed by atoms with E-state index in [9.17, 15) is 36.0 Å². The van der Waals surface area contributed by atoms with Crippen molar-refractivity contribution in [2.24, 2.45) is 0 Å². The van der Waals surface area contributed by atoms with Crippen molar-refractivity contribution in [2.75, 3.05) is 13.2 Å². The lowest BCUT2D eigenvalue weighted by Gasteiger charge is -2.22. The van der Waals surface area contributed by atoms with Crippen molar-refractivity contribution in [3.05, 3.63) is 23.3 Å². The van der Waals surface area contributed by atoms with E-state index in [1.807, 2.05) is 0 Å². The molecule has 0 radical (unpaired) electrons. The molecule has 0 aromatic heterocycles. The second kappa shape index (κ2) is 6.70. The van der Waals surface area contributed by atoms with Crippen LogP contribution in [0.15, 0.2) is 12.1 Å². The Kier molecular flexibility index (Phi) is 5.77. The first-order valence-electron chi connectivity index (χ1n) is 6.28. The lowest BCUT2D eigenvalue weighted by atomic mass is 10.1. The van der Waals surface area contributed by atoms with E-state index in [1.54, 1.807) is 0 Å². The van der Waals surface area contributed by atoms with E-state index in [-0.39, 0.29) is 25.3 Å². The molecule has 11 heteroatoms. The highest BCUT2D eigenvalue weighted by Gasteiger charge is 2.43. The molecule has 23 heavy (non-hydrogen) atoms. The second-order valence-corrected chi connectivity index (χ2v) is 6.21. The Morgan fingerprint density at radius 3 is 1.83 bits per heavy atom. The Hall–Kier alpha value is -1.25. The lowest BCUT2D eigenvalue weighted by molar-refractivity contribution is -0.143. The molecule has 0 aliphatic rings. The molecule has 132 valence electrons. The molecule has 0 unspecified atom stereocenters. The molecule has 1 N–H and O–H groups in total. The zero-order valence-electron chi connectivity index (χ0n) is 12.0. The van der Waals surface area contributed by atoms with Crippen LogP contribution in [0.5, 0.6) is 5.75 Å². The highest BCUT2D eigenvalue weighted by Crippen LogP contribution is 2.52. The fourth-order valence-electron chi connectivity index (χ4n) is 1.72. The van der Waals surface area contributed by atoms with Gasteiger partial charge in [0.2, 0.25) is 0 Å². The van der Waals surface area contributed by atoms with E-state index < -0.39 is 42.1 Å². The predicted molar refractivity (Wildman–Crippen MR) is 68.6 cm³/mol. The number of phenols is 1. The topological polar surface area (TPSA) is 55.8 Å². The smallest absolute Gasteiger partial charge is 0.419 e. The van der Waals surface area contributed by atoms with Crippen molar-refractivity contribution in [1.82, 2.24) is 0 Å². The van der Waals surface area contributed by atoms with Gasteiger partial charge in [-0.1, -0.05) is 0 Å². The van der Waals surface area contributed by atoms with Crippen molar-refractivity contribution in [1.29, 1.82) is 0 Å². The SMILES string of the molecule is CCOP(=O)(OCC)c1cc(C(F)(F)F)cc(C(F)(F)F)c1O. The van der Waals surface area contributed by atoms with Gasteiger partial charge in [-0.05, 0) is 26.0 Å². The molecule has 0 aliphatic carbocycles. The molecule has 0 heterocycles. The Bertz CT molecular complexity index is 601. The minimum absolute atomic E-state index is 0.136. The van der Waals surface area contributed by atoms with Crippen LogP contribution >= 0.6 is 7.60 Å². The molecule has 0 saturated heterocycles. The number of alkyl halides is 6. The Morgan fingerprint density at radius 1 is 1.00 bits per heavy atom. The van der Waals surface area contributed by atoms with E-state index in [4.69, 9.17) is 9.05 Å². The minimum atomic E-state index is -5.29. The van der Waals surface area contributed by atoms with Gasteiger partial charge in [0.25, 0.3) is 0 Å². The van der Waals surface area contributed by atoms with Crippen LogP contribution in [0.1, 0.15) is 25.0 Å². The van der Waals surface area contributed by atoms with Crippen LogP contribution in [0.25, 0.3) is 0 Å². The average molecular weight is 366 g/mol. The first kappa shape index (κ1) is 19.8. The monoisotopic (exact) mass is 366 g/mol. The summed E-state index contributed by atoms with van der Waals surface area (Å²) in [5, 5.41) is 8.51. The summed E-state index contributed by atoms with van der Waals surface area (Å²) in [5.74, 6) is -1.62. The van der Waals surface area contributed by atoms with Gasteiger partial charge in [0, 0.05) is 0 Å². The van der Waals surface area contributed by atoms with E-state index in [0.717, 1.165) is 0 Å². The van der Waals surface area contributed by atoms with Crippen molar-refractivity contribution in [3.8, 4) is 5.75 Å². The van der Waals surface area contributed by atoms with Crippen molar-refractivity contribution < 1.29 is 45.1 Å². The van der Waals surface area contributed by atoms with Gasteiger partial charge in [-0.2, -0.15) is 26.3 Å². The molecule has 0 aliphatic heterocycles. The molecule has 0 amide bonds. The molecule has 0 bridgehead atoms. The molecule has 4 nitrogen and oxygen atoms in total. The molecule has 0 atom stereocenters. The molecule has 0 spiro atoms. The zero-order chi connectivity index (χ0) is 18.1. The summed E-state index contributed by atoms with van der Waals surface area (Å²) < 4.78 is 98.9. The number of hydrogen-bond acceptors (Lipinski definition) is 4. The number of phenolic OH excluding ortho intramolecular Hbond substituents is 1. The van der Waals surface area contributed by atoms with E-state index in [1.165, 1.54) is 13.8 Å². The average Bonchev–Trinajstić information content (AvgIpc) is 2.36. The predicted octanol–water partition coefficient (Wildman–Crippen LogP) is 4.32. The summed E-state index contributed by atoms with van der Waals surface area (Å²) in [7, 11) is -4.55. The summed E-state index contributed by atoms with van der Waals surface area (Å²) in [5.41, 5.74) is -3.70. The van der Waals surface area contributed by atoms with Gasteiger partial charge >= 0.3 is 19.9 Å². The molecule has 1 rings (SSSR count). The van der Waals surface area contributed by atoms with E-state index in [2.05, 4.69) is 0 Å². The molecule has 1 aromatic rings. The van der Waals surface area contributed by atoms with Crippen LogP contribution in [-0.2, 0) is 26.0 Å². The van der Waals surface area contributed by atoms with Gasteiger partial charge in [-0.25, -0.2) is 0 Å². The normalized spacial score (nSPS) is 13.4. The molecule has 0 fully saturated rings. The summed E-state index contributed by atoms with van der Waals surface area (Å²) in [6.45, 7) is 2.02. The standard InChI is InChI=1S/C12H13F6O4P/c1-3-21-23(20,22-4-2)9-6-7(11(13,14)15)5-8(10(9)19)12(16,17)18/h5-6,19H,3-4H2,1-2H3. The quantitative estimate of drug-likeness (QED) is 0.623. The van der Waals surface area contributed by atoms with Gasteiger partial charge < -0.3 is 14.2 Å². The van der Waals surface area contributed by atoms with Crippen LogP contribution in [0.2, 0.25) is 0 Å². The maximum atomic E-state index is 12.9. The van der Waals surface area contributed by atoms with Crippen molar-refractivity contribution >= 4 is 12.9 Å².